The van der Waals surface area contributed by atoms with Gasteiger partial charge in [-0.2, -0.15) is 0 Å². The lowest BCUT2D eigenvalue weighted by molar-refractivity contribution is 0.199. The van der Waals surface area contributed by atoms with Gasteiger partial charge in [0.25, 0.3) is 0 Å². The molecule has 0 aliphatic carbocycles. The largest absolute Gasteiger partial charge is 0.494 e. The molecule has 1 fully saturated rings. The van der Waals surface area contributed by atoms with E-state index in [-0.39, 0.29) is 6.10 Å². The van der Waals surface area contributed by atoms with E-state index in [1.165, 1.54) is 11.1 Å². The molecule has 7 heteroatoms. The van der Waals surface area contributed by atoms with Crippen LogP contribution in [0.2, 0.25) is 0 Å². The molecule has 4 heterocycles. The van der Waals surface area contributed by atoms with Crippen LogP contribution in [0.1, 0.15) is 49.4 Å². The molecule has 5 rings (SSSR count). The first-order chi connectivity index (χ1) is 16.2. The van der Waals surface area contributed by atoms with Gasteiger partial charge in [-0.25, -0.2) is 9.97 Å². The molecule has 1 N–H and O–H groups in total. The summed E-state index contributed by atoms with van der Waals surface area (Å²) in [6, 6.07) is 10.1. The van der Waals surface area contributed by atoms with Crippen molar-refractivity contribution in [2.45, 2.75) is 51.7 Å². The Kier molecular flexibility index (Phi) is 6.39. The molecular weight excluding hydrogens is 414 g/mol. The van der Waals surface area contributed by atoms with E-state index in [2.05, 4.69) is 39.2 Å². The highest BCUT2D eigenvalue weighted by Gasteiger charge is 2.25. The molecule has 0 amide bonds. The number of hydrogen-bond acceptors (Lipinski definition) is 7. The molecule has 2 aliphatic rings. The Morgan fingerprint density at radius 3 is 2.82 bits per heavy atom. The van der Waals surface area contributed by atoms with Gasteiger partial charge >= 0.3 is 0 Å². The number of nitrogens with one attached hydrogen (secondary N) is 1. The van der Waals surface area contributed by atoms with E-state index in [1.807, 2.05) is 31.3 Å². The van der Waals surface area contributed by atoms with Gasteiger partial charge in [0.1, 0.15) is 29.2 Å². The first-order valence-electron chi connectivity index (χ1n) is 11.9. The Hall–Kier alpha value is -3.19. The fraction of sp³-hybridized carbons (Fsp3) is 0.423. The van der Waals surface area contributed by atoms with Crippen molar-refractivity contribution < 1.29 is 9.47 Å². The second-order valence-corrected chi connectivity index (χ2v) is 8.85. The van der Waals surface area contributed by atoms with E-state index in [1.54, 1.807) is 12.4 Å². The molecule has 33 heavy (non-hydrogen) atoms. The van der Waals surface area contributed by atoms with E-state index in [0.717, 1.165) is 67.7 Å². The summed E-state index contributed by atoms with van der Waals surface area (Å²) in [5.41, 5.74) is 3.51. The number of fused-ring (bicyclic) bond motifs is 1. The number of rotatable bonds is 7. The van der Waals surface area contributed by atoms with Crippen LogP contribution in [-0.2, 0) is 13.0 Å². The summed E-state index contributed by atoms with van der Waals surface area (Å²) in [6.07, 6.45) is 8.73. The summed E-state index contributed by atoms with van der Waals surface area (Å²) in [4.78, 5) is 16.0. The second kappa shape index (κ2) is 9.75. The van der Waals surface area contributed by atoms with Crippen LogP contribution in [-0.4, -0.2) is 45.7 Å². The van der Waals surface area contributed by atoms with E-state index >= 15 is 0 Å². The number of aromatic nitrogens is 3. The third-order valence-corrected chi connectivity index (χ3v) is 6.35. The van der Waals surface area contributed by atoms with Crippen LogP contribution in [0.15, 0.2) is 48.9 Å². The smallest absolute Gasteiger partial charge is 0.150 e. The Morgan fingerprint density at radius 1 is 1.15 bits per heavy atom. The highest BCUT2D eigenvalue weighted by atomic mass is 16.5. The van der Waals surface area contributed by atoms with Gasteiger partial charge < -0.3 is 14.8 Å². The van der Waals surface area contributed by atoms with Gasteiger partial charge in [0, 0.05) is 42.4 Å². The number of pyridine rings is 1. The highest BCUT2D eigenvalue weighted by Crippen LogP contribution is 2.36. The molecule has 0 bridgehead atoms. The van der Waals surface area contributed by atoms with E-state index < -0.39 is 0 Å². The van der Waals surface area contributed by atoms with Crippen molar-refractivity contribution >= 4 is 11.6 Å². The maximum absolute atomic E-state index is 6.00. The second-order valence-electron chi connectivity index (χ2n) is 8.85. The number of likely N-dealkylation sites (tertiary alicyclic amines) is 1. The van der Waals surface area contributed by atoms with Gasteiger partial charge in [0.15, 0.2) is 0 Å². The van der Waals surface area contributed by atoms with Crippen molar-refractivity contribution in [1.29, 1.82) is 0 Å². The molecule has 172 valence electrons. The third kappa shape index (κ3) is 5.09. The fourth-order valence-electron chi connectivity index (χ4n) is 4.73. The van der Waals surface area contributed by atoms with Gasteiger partial charge in [-0.1, -0.05) is 6.07 Å². The molecule has 1 atom stereocenters. The van der Waals surface area contributed by atoms with Crippen LogP contribution in [0.5, 0.6) is 11.5 Å². The minimum absolute atomic E-state index is 0.240. The first-order valence-corrected chi connectivity index (χ1v) is 11.9. The van der Waals surface area contributed by atoms with Gasteiger partial charge in [0.05, 0.1) is 18.5 Å². The molecule has 2 aliphatic heterocycles. The van der Waals surface area contributed by atoms with Crippen LogP contribution in [0.25, 0.3) is 0 Å². The predicted molar refractivity (Wildman–Crippen MR) is 128 cm³/mol. The first kappa shape index (κ1) is 21.6. The summed E-state index contributed by atoms with van der Waals surface area (Å²) < 4.78 is 12.0. The van der Waals surface area contributed by atoms with Crippen molar-refractivity contribution in [3.8, 4) is 11.5 Å². The molecule has 3 aromatic rings. The lowest BCUT2D eigenvalue weighted by atomic mass is 9.93. The predicted octanol–water partition coefficient (Wildman–Crippen LogP) is 4.72. The molecule has 1 aromatic carbocycles. The normalized spacial score (nSPS) is 18.5. The Bertz CT molecular complexity index is 1080. The average molecular weight is 446 g/mol. The lowest BCUT2D eigenvalue weighted by Gasteiger charge is -2.32. The van der Waals surface area contributed by atoms with Crippen molar-refractivity contribution in [1.82, 2.24) is 19.9 Å². The van der Waals surface area contributed by atoms with Gasteiger partial charge in [-0.05, 0) is 64.0 Å². The zero-order valence-electron chi connectivity index (χ0n) is 19.3. The zero-order valence-corrected chi connectivity index (χ0v) is 19.3. The molecule has 7 nitrogen and oxygen atoms in total. The third-order valence-electron chi connectivity index (χ3n) is 6.35. The summed E-state index contributed by atoms with van der Waals surface area (Å²) in [5.74, 6) is 3.94. The van der Waals surface area contributed by atoms with Crippen LogP contribution >= 0.6 is 0 Å². The van der Waals surface area contributed by atoms with Crippen molar-refractivity contribution in [3.05, 3.63) is 65.7 Å². The topological polar surface area (TPSA) is 72.4 Å². The van der Waals surface area contributed by atoms with Crippen LogP contribution in [0.3, 0.4) is 0 Å². The van der Waals surface area contributed by atoms with E-state index in [9.17, 15) is 0 Å². The molecule has 0 unspecified atom stereocenters. The lowest BCUT2D eigenvalue weighted by Crippen LogP contribution is -2.33. The SMILES string of the molecule is CCOc1cc2c(cc1CN1CCC(c3cncc(Nc4ccccn4)n3)CC1)O[C@H](C)C2. The summed E-state index contributed by atoms with van der Waals surface area (Å²) in [5, 5.41) is 3.25. The zero-order chi connectivity index (χ0) is 22.6. The number of ether oxygens (including phenoxy) is 2. The quantitative estimate of drug-likeness (QED) is 0.564. The van der Waals surface area contributed by atoms with E-state index in [4.69, 9.17) is 14.5 Å². The average Bonchev–Trinajstić information content (AvgIpc) is 3.19. The molecule has 2 aromatic heterocycles. The standard InChI is InChI=1S/C26H31N5O2/c1-3-32-23-13-20-12-18(2)33-24(20)14-21(23)17-31-10-7-19(8-11-31)22-15-27-16-26(29-22)30-25-6-4-5-9-28-25/h4-6,9,13-16,18-19H,3,7-8,10-12,17H2,1-2H3,(H,28,29,30)/t18-/m1/s1. The summed E-state index contributed by atoms with van der Waals surface area (Å²) in [7, 11) is 0. The van der Waals surface area contributed by atoms with E-state index in [0.29, 0.717) is 12.5 Å². The van der Waals surface area contributed by atoms with Crippen LogP contribution < -0.4 is 14.8 Å². The highest BCUT2D eigenvalue weighted by molar-refractivity contribution is 5.50. The monoisotopic (exact) mass is 445 g/mol. The number of nitrogens with zero attached hydrogens (tertiary/aromatic N) is 4. The Balaban J connectivity index is 1.22. The van der Waals surface area contributed by atoms with Crippen LogP contribution in [0.4, 0.5) is 11.6 Å². The Labute approximate surface area is 195 Å². The minimum atomic E-state index is 0.240. The number of piperidine rings is 1. The number of anilines is 2. The number of benzene rings is 1. The van der Waals surface area contributed by atoms with Gasteiger partial charge in [0.2, 0.25) is 0 Å². The van der Waals surface area contributed by atoms with Crippen molar-refractivity contribution in [3.63, 3.8) is 0 Å². The maximum atomic E-state index is 6.00. The van der Waals surface area contributed by atoms with Gasteiger partial charge in [-0.15, -0.1) is 0 Å². The number of hydrogen-bond donors (Lipinski definition) is 1. The summed E-state index contributed by atoms with van der Waals surface area (Å²) >= 11 is 0. The maximum Gasteiger partial charge on any atom is 0.150 e. The molecular formula is C26H31N5O2. The van der Waals surface area contributed by atoms with Gasteiger partial charge in [-0.3, -0.25) is 9.88 Å². The van der Waals surface area contributed by atoms with Crippen LogP contribution in [0, 0.1) is 0 Å². The molecule has 0 saturated carbocycles. The Morgan fingerprint density at radius 2 is 2.03 bits per heavy atom. The van der Waals surface area contributed by atoms with Crippen molar-refractivity contribution in [2.24, 2.45) is 0 Å². The molecule has 1 saturated heterocycles. The molecule has 0 radical (unpaired) electrons. The minimum Gasteiger partial charge on any atom is -0.494 e. The fourth-order valence-corrected chi connectivity index (χ4v) is 4.73. The summed E-state index contributed by atoms with van der Waals surface area (Å²) in [6.45, 7) is 7.74. The van der Waals surface area contributed by atoms with Crippen molar-refractivity contribution in [2.75, 3.05) is 25.0 Å². The molecule has 0 spiro atoms.